The Morgan fingerprint density at radius 2 is 0.786 bits per heavy atom. The maximum atomic E-state index is 2.30. The van der Waals surface area contributed by atoms with Gasteiger partial charge in [-0.1, -0.05) is 96.1 Å². The molecule has 0 aromatic heterocycles. The first kappa shape index (κ1) is 18.3. The van der Waals surface area contributed by atoms with Gasteiger partial charge in [-0.05, 0) is 72.2 Å². The first-order chi connectivity index (χ1) is 13.5. The molecule has 0 N–H and O–H groups in total. The van der Waals surface area contributed by atoms with Crippen LogP contribution in [0.2, 0.25) is 0 Å². The number of benzene rings is 4. The van der Waals surface area contributed by atoms with Crippen molar-refractivity contribution in [3.8, 4) is 33.4 Å². The Labute approximate surface area is 168 Å². The zero-order valence-corrected chi connectivity index (χ0v) is 17.1. The molecule has 4 aromatic rings. The van der Waals surface area contributed by atoms with Crippen LogP contribution in [0.25, 0.3) is 33.4 Å². The molecule has 0 unspecified atom stereocenters. The summed E-state index contributed by atoms with van der Waals surface area (Å²) in [6.45, 7) is 8.71. The zero-order chi connectivity index (χ0) is 19.7. The number of hydrogen-bond acceptors (Lipinski definition) is 0. The van der Waals surface area contributed by atoms with E-state index in [9.17, 15) is 0 Å². The summed E-state index contributed by atoms with van der Waals surface area (Å²) in [7, 11) is 0. The smallest absolute Gasteiger partial charge is 0.0152 e. The first-order valence-electron chi connectivity index (χ1n) is 9.87. The van der Waals surface area contributed by atoms with Gasteiger partial charge in [0.2, 0.25) is 0 Å². The van der Waals surface area contributed by atoms with Crippen LogP contribution in [-0.2, 0) is 0 Å². The average molecular weight is 363 g/mol. The summed E-state index contributed by atoms with van der Waals surface area (Å²) in [5.41, 5.74) is 12.9. The third-order valence-electron chi connectivity index (χ3n) is 5.45. The summed E-state index contributed by atoms with van der Waals surface area (Å²) in [5.74, 6) is 0. The van der Waals surface area contributed by atoms with Crippen LogP contribution in [0.3, 0.4) is 0 Å². The van der Waals surface area contributed by atoms with Crippen molar-refractivity contribution in [3.05, 3.63) is 107 Å². The van der Waals surface area contributed by atoms with Crippen LogP contribution < -0.4 is 0 Å². The molecule has 0 spiro atoms. The van der Waals surface area contributed by atoms with Gasteiger partial charge in [0, 0.05) is 0 Å². The second kappa shape index (κ2) is 7.48. The monoisotopic (exact) mass is 362 g/mol. The normalized spacial score (nSPS) is 10.9. The standard InChI is InChI=1S/C28H26/c1-19-7-5-9-23(15-19)25-11-13-27(21(3)17-25)28-14-12-26(18-22(28)4)24-10-6-8-20(2)16-24/h5-18H,1-4H3. The molecule has 0 aliphatic rings. The quantitative estimate of drug-likeness (QED) is 0.347. The molecule has 0 saturated carbocycles. The van der Waals surface area contributed by atoms with Gasteiger partial charge in [0.15, 0.2) is 0 Å². The number of hydrogen-bond donors (Lipinski definition) is 0. The van der Waals surface area contributed by atoms with Crippen molar-refractivity contribution < 1.29 is 0 Å². The van der Waals surface area contributed by atoms with E-state index in [0.717, 1.165) is 0 Å². The molecule has 0 heterocycles. The van der Waals surface area contributed by atoms with E-state index in [2.05, 4.69) is 113 Å². The molecule has 0 radical (unpaired) electrons. The number of aryl methyl sites for hydroxylation is 4. The molecule has 0 bridgehead atoms. The van der Waals surface area contributed by atoms with Crippen molar-refractivity contribution >= 4 is 0 Å². The van der Waals surface area contributed by atoms with Gasteiger partial charge < -0.3 is 0 Å². The SMILES string of the molecule is Cc1cccc(-c2ccc(-c3ccc(-c4cccc(C)c4)cc3C)c(C)c2)c1. The zero-order valence-electron chi connectivity index (χ0n) is 17.1. The van der Waals surface area contributed by atoms with Gasteiger partial charge in [-0.15, -0.1) is 0 Å². The Bertz CT molecular complexity index is 1060. The average Bonchev–Trinajstić information content (AvgIpc) is 2.68. The van der Waals surface area contributed by atoms with Gasteiger partial charge >= 0.3 is 0 Å². The molecular weight excluding hydrogens is 336 g/mol. The van der Waals surface area contributed by atoms with Crippen LogP contribution >= 0.6 is 0 Å². The Hall–Kier alpha value is -3.12. The Balaban J connectivity index is 1.71. The molecule has 0 aliphatic heterocycles. The van der Waals surface area contributed by atoms with E-state index < -0.39 is 0 Å². The Kier molecular flexibility index (Phi) is 4.88. The maximum absolute atomic E-state index is 2.30. The molecule has 0 amide bonds. The van der Waals surface area contributed by atoms with Crippen molar-refractivity contribution in [1.29, 1.82) is 0 Å². The molecule has 4 aromatic carbocycles. The third kappa shape index (κ3) is 3.64. The van der Waals surface area contributed by atoms with E-state index in [4.69, 9.17) is 0 Å². The summed E-state index contributed by atoms with van der Waals surface area (Å²) < 4.78 is 0. The lowest BCUT2D eigenvalue weighted by atomic mass is 9.91. The fraction of sp³-hybridized carbons (Fsp3) is 0.143. The van der Waals surface area contributed by atoms with E-state index >= 15 is 0 Å². The van der Waals surface area contributed by atoms with Crippen LogP contribution in [0.5, 0.6) is 0 Å². The molecule has 28 heavy (non-hydrogen) atoms. The van der Waals surface area contributed by atoms with Crippen LogP contribution in [0.4, 0.5) is 0 Å². The van der Waals surface area contributed by atoms with Gasteiger partial charge in [-0.2, -0.15) is 0 Å². The topological polar surface area (TPSA) is 0 Å². The van der Waals surface area contributed by atoms with E-state index in [1.807, 2.05) is 0 Å². The van der Waals surface area contributed by atoms with E-state index in [0.29, 0.717) is 0 Å². The molecule has 0 nitrogen and oxygen atoms in total. The van der Waals surface area contributed by atoms with Crippen LogP contribution in [0.15, 0.2) is 84.9 Å². The Morgan fingerprint density at radius 3 is 1.14 bits per heavy atom. The van der Waals surface area contributed by atoms with Gasteiger partial charge in [0.1, 0.15) is 0 Å². The maximum Gasteiger partial charge on any atom is -0.0152 e. The third-order valence-corrected chi connectivity index (χ3v) is 5.45. The fourth-order valence-electron chi connectivity index (χ4n) is 3.94. The van der Waals surface area contributed by atoms with Crippen LogP contribution in [0, 0.1) is 27.7 Å². The summed E-state index contributed by atoms with van der Waals surface area (Å²) in [6.07, 6.45) is 0. The van der Waals surface area contributed by atoms with Crippen molar-refractivity contribution in [3.63, 3.8) is 0 Å². The van der Waals surface area contributed by atoms with Crippen molar-refractivity contribution in [1.82, 2.24) is 0 Å². The summed E-state index contributed by atoms with van der Waals surface area (Å²) in [4.78, 5) is 0. The summed E-state index contributed by atoms with van der Waals surface area (Å²) in [6, 6.07) is 31.0. The first-order valence-corrected chi connectivity index (χ1v) is 9.87. The van der Waals surface area contributed by atoms with Crippen molar-refractivity contribution in [2.45, 2.75) is 27.7 Å². The van der Waals surface area contributed by atoms with E-state index in [-0.39, 0.29) is 0 Å². The highest BCUT2D eigenvalue weighted by Crippen LogP contribution is 2.33. The highest BCUT2D eigenvalue weighted by atomic mass is 14.1. The van der Waals surface area contributed by atoms with Crippen LogP contribution in [-0.4, -0.2) is 0 Å². The lowest BCUT2D eigenvalue weighted by molar-refractivity contribution is 1.40. The Morgan fingerprint density at radius 1 is 0.393 bits per heavy atom. The second-order valence-electron chi connectivity index (χ2n) is 7.80. The van der Waals surface area contributed by atoms with Crippen LogP contribution in [0.1, 0.15) is 22.3 Å². The van der Waals surface area contributed by atoms with Crippen molar-refractivity contribution in [2.75, 3.05) is 0 Å². The molecule has 0 heteroatoms. The molecule has 0 atom stereocenters. The highest BCUT2D eigenvalue weighted by Gasteiger charge is 2.09. The molecular formula is C28H26. The molecule has 138 valence electrons. The highest BCUT2D eigenvalue weighted by molar-refractivity contribution is 5.78. The van der Waals surface area contributed by atoms with E-state index in [1.165, 1.54) is 55.6 Å². The fourth-order valence-corrected chi connectivity index (χ4v) is 3.94. The van der Waals surface area contributed by atoms with Gasteiger partial charge in [0.25, 0.3) is 0 Å². The minimum atomic E-state index is 1.28. The second-order valence-corrected chi connectivity index (χ2v) is 7.80. The lowest BCUT2D eigenvalue weighted by Crippen LogP contribution is -1.90. The summed E-state index contributed by atoms with van der Waals surface area (Å²) >= 11 is 0. The predicted octanol–water partition coefficient (Wildman–Crippen LogP) is 7.92. The largest absolute Gasteiger partial charge is 0.0614 e. The predicted molar refractivity (Wildman–Crippen MR) is 122 cm³/mol. The minimum Gasteiger partial charge on any atom is -0.0614 e. The molecule has 4 rings (SSSR count). The van der Waals surface area contributed by atoms with Gasteiger partial charge in [0.05, 0.1) is 0 Å². The number of rotatable bonds is 3. The molecule has 0 saturated heterocycles. The molecule has 0 fully saturated rings. The van der Waals surface area contributed by atoms with Gasteiger partial charge in [-0.3, -0.25) is 0 Å². The summed E-state index contributed by atoms with van der Waals surface area (Å²) in [5, 5.41) is 0. The molecule has 0 aliphatic carbocycles. The lowest BCUT2D eigenvalue weighted by Gasteiger charge is -2.14. The van der Waals surface area contributed by atoms with E-state index in [1.54, 1.807) is 0 Å². The van der Waals surface area contributed by atoms with Gasteiger partial charge in [-0.25, -0.2) is 0 Å². The van der Waals surface area contributed by atoms with Crippen molar-refractivity contribution in [2.24, 2.45) is 0 Å². The minimum absolute atomic E-state index is 1.28.